The second-order valence-corrected chi connectivity index (χ2v) is 5.72. The van der Waals surface area contributed by atoms with Gasteiger partial charge in [-0.25, -0.2) is 0 Å². The Hall–Kier alpha value is -3.02. The van der Waals surface area contributed by atoms with Gasteiger partial charge in [0.15, 0.2) is 17.3 Å². The second-order valence-electron chi connectivity index (χ2n) is 5.72. The van der Waals surface area contributed by atoms with E-state index in [4.69, 9.17) is 9.47 Å². The van der Waals surface area contributed by atoms with Gasteiger partial charge < -0.3 is 20.1 Å². The number of amides is 1. The Morgan fingerprint density at radius 2 is 1.64 bits per heavy atom. The zero-order valence-corrected chi connectivity index (χ0v) is 14.0. The largest absolute Gasteiger partial charge is 0.486 e. The predicted molar refractivity (Wildman–Crippen MR) is 95.6 cm³/mol. The fourth-order valence-corrected chi connectivity index (χ4v) is 2.49. The van der Waals surface area contributed by atoms with Gasteiger partial charge in [0, 0.05) is 36.0 Å². The highest BCUT2D eigenvalue weighted by Crippen LogP contribution is 2.32. The average Bonchev–Trinajstić information content (AvgIpc) is 2.62. The Balaban J connectivity index is 1.47. The maximum Gasteiger partial charge on any atom is 0.226 e. The molecule has 0 aliphatic carbocycles. The number of carbonyl (C=O) groups excluding carboxylic acids is 2. The van der Waals surface area contributed by atoms with Gasteiger partial charge in [0.2, 0.25) is 5.91 Å². The summed E-state index contributed by atoms with van der Waals surface area (Å²) in [7, 11) is 0. The minimum absolute atomic E-state index is 0.0327. The normalized spacial score (nSPS) is 12.4. The topological polar surface area (TPSA) is 76.7 Å². The van der Waals surface area contributed by atoms with Crippen LogP contribution in [0.3, 0.4) is 0 Å². The number of fused-ring (bicyclic) bond motifs is 1. The highest BCUT2D eigenvalue weighted by molar-refractivity contribution is 5.94. The summed E-state index contributed by atoms with van der Waals surface area (Å²) in [6.45, 7) is 3.08. The van der Waals surface area contributed by atoms with E-state index in [9.17, 15) is 9.59 Å². The van der Waals surface area contributed by atoms with E-state index in [1.807, 2.05) is 12.1 Å². The molecule has 2 aromatic rings. The van der Waals surface area contributed by atoms with Gasteiger partial charge in [-0.2, -0.15) is 0 Å². The van der Waals surface area contributed by atoms with Crippen molar-refractivity contribution in [2.45, 2.75) is 13.3 Å². The van der Waals surface area contributed by atoms with Gasteiger partial charge in [0.05, 0.1) is 0 Å². The van der Waals surface area contributed by atoms with Crippen LogP contribution in [0.1, 0.15) is 23.7 Å². The number of ether oxygens (including phenoxy) is 2. The number of Topliss-reactive ketones (excluding diaryl/α,β-unsaturated/α-hetero) is 1. The predicted octanol–water partition coefficient (Wildman–Crippen LogP) is 3.10. The first-order valence-electron chi connectivity index (χ1n) is 8.16. The highest BCUT2D eigenvalue weighted by Gasteiger charge is 2.12. The molecule has 2 N–H and O–H groups in total. The molecular formula is C19H20N2O4. The summed E-state index contributed by atoms with van der Waals surface area (Å²) >= 11 is 0. The van der Waals surface area contributed by atoms with E-state index in [0.29, 0.717) is 48.9 Å². The summed E-state index contributed by atoms with van der Waals surface area (Å²) in [6.07, 6.45) is 0.322. The number of ketones is 1. The number of anilines is 2. The number of nitrogens with one attached hydrogen (secondary N) is 2. The van der Waals surface area contributed by atoms with E-state index >= 15 is 0 Å². The Bertz CT molecular complexity index is 771. The summed E-state index contributed by atoms with van der Waals surface area (Å²) in [5.74, 6) is 1.28. The van der Waals surface area contributed by atoms with E-state index in [-0.39, 0.29) is 11.7 Å². The van der Waals surface area contributed by atoms with Crippen molar-refractivity contribution in [3.8, 4) is 11.5 Å². The number of rotatable bonds is 6. The lowest BCUT2D eigenvalue weighted by molar-refractivity contribution is -0.115. The van der Waals surface area contributed by atoms with Crippen molar-refractivity contribution in [3.05, 3.63) is 48.0 Å². The van der Waals surface area contributed by atoms with Crippen molar-refractivity contribution >= 4 is 23.1 Å². The molecule has 1 amide bonds. The van der Waals surface area contributed by atoms with Gasteiger partial charge in [0.1, 0.15) is 13.2 Å². The van der Waals surface area contributed by atoms with Gasteiger partial charge in [-0.15, -0.1) is 0 Å². The van der Waals surface area contributed by atoms with Crippen LogP contribution >= 0.6 is 0 Å². The van der Waals surface area contributed by atoms with E-state index in [0.717, 1.165) is 5.69 Å². The van der Waals surface area contributed by atoms with Crippen LogP contribution in [0.25, 0.3) is 0 Å². The van der Waals surface area contributed by atoms with Gasteiger partial charge in [-0.3, -0.25) is 9.59 Å². The molecule has 0 radical (unpaired) electrons. The van der Waals surface area contributed by atoms with Crippen LogP contribution in [0, 0.1) is 0 Å². The molecular weight excluding hydrogens is 320 g/mol. The minimum atomic E-state index is -0.0930. The minimum Gasteiger partial charge on any atom is -0.486 e. The first kappa shape index (κ1) is 16.8. The Morgan fingerprint density at radius 1 is 0.960 bits per heavy atom. The van der Waals surface area contributed by atoms with Crippen LogP contribution in [-0.2, 0) is 4.79 Å². The van der Waals surface area contributed by atoms with Crippen molar-refractivity contribution in [2.75, 3.05) is 30.4 Å². The SMILES string of the molecule is CC(=O)c1ccc(NCCC(=O)Nc2ccc3c(c2)OCCO3)cc1. The molecule has 1 aliphatic heterocycles. The van der Waals surface area contributed by atoms with Crippen LogP contribution in [0.2, 0.25) is 0 Å². The summed E-state index contributed by atoms with van der Waals surface area (Å²) in [5, 5.41) is 6.00. The molecule has 6 nitrogen and oxygen atoms in total. The summed E-state index contributed by atoms with van der Waals surface area (Å²) in [5.41, 5.74) is 2.22. The smallest absolute Gasteiger partial charge is 0.226 e. The summed E-state index contributed by atoms with van der Waals surface area (Å²) in [4.78, 5) is 23.3. The quantitative estimate of drug-likeness (QED) is 0.790. The van der Waals surface area contributed by atoms with Crippen molar-refractivity contribution in [3.63, 3.8) is 0 Å². The van der Waals surface area contributed by atoms with Gasteiger partial charge >= 0.3 is 0 Å². The number of hydrogen-bond donors (Lipinski definition) is 2. The molecule has 3 rings (SSSR count). The van der Waals surface area contributed by atoms with Crippen molar-refractivity contribution in [1.82, 2.24) is 0 Å². The molecule has 130 valence electrons. The maximum atomic E-state index is 12.0. The zero-order valence-electron chi connectivity index (χ0n) is 14.0. The first-order valence-corrected chi connectivity index (χ1v) is 8.16. The highest BCUT2D eigenvalue weighted by atomic mass is 16.6. The molecule has 6 heteroatoms. The molecule has 0 aromatic heterocycles. The summed E-state index contributed by atoms with van der Waals surface area (Å²) in [6, 6.07) is 12.5. The second kappa shape index (κ2) is 7.70. The van der Waals surface area contributed by atoms with Crippen LogP contribution in [0.5, 0.6) is 11.5 Å². The van der Waals surface area contributed by atoms with Crippen molar-refractivity contribution in [1.29, 1.82) is 0 Å². The molecule has 0 unspecified atom stereocenters. The van der Waals surface area contributed by atoms with E-state index in [1.165, 1.54) is 6.92 Å². The van der Waals surface area contributed by atoms with E-state index < -0.39 is 0 Å². The van der Waals surface area contributed by atoms with Crippen molar-refractivity contribution in [2.24, 2.45) is 0 Å². The molecule has 0 saturated heterocycles. The number of hydrogen-bond acceptors (Lipinski definition) is 5. The standard InChI is InChI=1S/C19H20N2O4/c1-13(22)14-2-4-15(5-3-14)20-9-8-19(23)21-16-6-7-17-18(12-16)25-11-10-24-17/h2-7,12,20H,8-11H2,1H3,(H,21,23). The van der Waals surface area contributed by atoms with Crippen LogP contribution < -0.4 is 20.1 Å². The van der Waals surface area contributed by atoms with Crippen molar-refractivity contribution < 1.29 is 19.1 Å². The Labute approximate surface area is 146 Å². The van der Waals surface area contributed by atoms with E-state index in [1.54, 1.807) is 30.3 Å². The lowest BCUT2D eigenvalue weighted by Crippen LogP contribution is -2.18. The fraction of sp³-hybridized carbons (Fsp3) is 0.263. The maximum absolute atomic E-state index is 12.0. The number of benzene rings is 2. The number of carbonyl (C=O) groups is 2. The lowest BCUT2D eigenvalue weighted by Gasteiger charge is -2.19. The molecule has 0 spiro atoms. The van der Waals surface area contributed by atoms with Crippen LogP contribution in [0.15, 0.2) is 42.5 Å². The summed E-state index contributed by atoms with van der Waals surface area (Å²) < 4.78 is 11.0. The fourth-order valence-electron chi connectivity index (χ4n) is 2.49. The molecule has 0 fully saturated rings. The third-order valence-corrected chi connectivity index (χ3v) is 3.80. The monoisotopic (exact) mass is 340 g/mol. The van der Waals surface area contributed by atoms with Crippen LogP contribution in [-0.4, -0.2) is 31.4 Å². The Kier molecular flexibility index (Phi) is 5.18. The third-order valence-electron chi connectivity index (χ3n) is 3.80. The molecule has 1 heterocycles. The van der Waals surface area contributed by atoms with Gasteiger partial charge in [-0.05, 0) is 43.3 Å². The molecule has 0 atom stereocenters. The van der Waals surface area contributed by atoms with Gasteiger partial charge in [-0.1, -0.05) is 0 Å². The molecule has 1 aliphatic rings. The molecule has 2 aromatic carbocycles. The lowest BCUT2D eigenvalue weighted by atomic mass is 10.1. The van der Waals surface area contributed by atoms with E-state index in [2.05, 4.69) is 10.6 Å². The van der Waals surface area contributed by atoms with Gasteiger partial charge in [0.25, 0.3) is 0 Å². The Morgan fingerprint density at radius 3 is 2.36 bits per heavy atom. The third kappa shape index (κ3) is 4.50. The molecule has 25 heavy (non-hydrogen) atoms. The van der Waals surface area contributed by atoms with Crippen LogP contribution in [0.4, 0.5) is 11.4 Å². The average molecular weight is 340 g/mol. The molecule has 0 saturated carbocycles. The zero-order chi connectivity index (χ0) is 17.6. The molecule has 0 bridgehead atoms. The first-order chi connectivity index (χ1) is 12.1.